The third-order valence-corrected chi connectivity index (χ3v) is 7.86. The van der Waals surface area contributed by atoms with Crippen molar-refractivity contribution in [1.82, 2.24) is 14.1 Å². The number of benzene rings is 1. The molecule has 0 N–H and O–H groups in total. The van der Waals surface area contributed by atoms with E-state index >= 15 is 0 Å². The van der Waals surface area contributed by atoms with Gasteiger partial charge in [0.25, 0.3) is 0 Å². The standard InChI is InChI=1S/C21H29N3O3S/c1-3-16-8-10-17(11-9-16)28(25,26)24-13-6-5-7-20(24)21-18-15-27-14-12-19(18)23(4-2)22-21/h8-11,20H,3-7,12-15H2,1-2H3. The van der Waals surface area contributed by atoms with Gasteiger partial charge in [-0.15, -0.1) is 0 Å². The minimum atomic E-state index is -3.57. The number of sulfonamides is 1. The number of nitrogens with zero attached hydrogens (tertiary/aromatic N) is 3. The Kier molecular flexibility index (Phi) is 5.58. The van der Waals surface area contributed by atoms with Crippen LogP contribution < -0.4 is 0 Å². The molecule has 1 atom stereocenters. The molecular formula is C21H29N3O3S. The summed E-state index contributed by atoms with van der Waals surface area (Å²) in [6.45, 7) is 6.71. The summed E-state index contributed by atoms with van der Waals surface area (Å²) in [4.78, 5) is 0.372. The summed E-state index contributed by atoms with van der Waals surface area (Å²) in [7, 11) is -3.57. The Bertz CT molecular complexity index is 935. The summed E-state index contributed by atoms with van der Waals surface area (Å²) in [6.07, 6.45) is 4.44. The van der Waals surface area contributed by atoms with Crippen molar-refractivity contribution in [3.05, 3.63) is 46.8 Å². The number of aromatic nitrogens is 2. The first-order chi connectivity index (χ1) is 13.6. The highest BCUT2D eigenvalue weighted by atomic mass is 32.2. The number of aryl methyl sites for hydroxylation is 2. The average molecular weight is 404 g/mol. The summed E-state index contributed by atoms with van der Waals surface area (Å²) < 4.78 is 36.4. The maximum absolute atomic E-state index is 13.5. The third-order valence-electron chi connectivity index (χ3n) is 5.93. The second kappa shape index (κ2) is 7.97. The minimum absolute atomic E-state index is 0.215. The van der Waals surface area contributed by atoms with Crippen LogP contribution in [0.1, 0.15) is 61.7 Å². The molecule has 6 nitrogen and oxygen atoms in total. The van der Waals surface area contributed by atoms with E-state index in [-0.39, 0.29) is 6.04 Å². The molecule has 28 heavy (non-hydrogen) atoms. The van der Waals surface area contributed by atoms with Crippen molar-refractivity contribution in [3.63, 3.8) is 0 Å². The summed E-state index contributed by atoms with van der Waals surface area (Å²) in [5.41, 5.74) is 4.34. The molecular weight excluding hydrogens is 374 g/mol. The molecule has 1 fully saturated rings. The molecule has 1 saturated heterocycles. The Labute approximate surface area is 167 Å². The van der Waals surface area contributed by atoms with Gasteiger partial charge in [-0.25, -0.2) is 8.42 Å². The number of hydrogen-bond acceptors (Lipinski definition) is 4. The first-order valence-corrected chi connectivity index (χ1v) is 11.8. The van der Waals surface area contributed by atoms with Crippen LogP contribution in [-0.2, 0) is 40.8 Å². The van der Waals surface area contributed by atoms with Crippen LogP contribution in [0.3, 0.4) is 0 Å². The molecule has 1 unspecified atom stereocenters. The molecule has 2 aliphatic heterocycles. The zero-order valence-electron chi connectivity index (χ0n) is 16.7. The topological polar surface area (TPSA) is 64.4 Å². The van der Waals surface area contributed by atoms with Crippen LogP contribution in [0.25, 0.3) is 0 Å². The van der Waals surface area contributed by atoms with Gasteiger partial charge in [-0.1, -0.05) is 25.5 Å². The van der Waals surface area contributed by atoms with E-state index in [0.717, 1.165) is 55.5 Å². The van der Waals surface area contributed by atoms with E-state index in [1.165, 1.54) is 5.69 Å². The fourth-order valence-electron chi connectivity index (χ4n) is 4.36. The molecule has 7 heteroatoms. The Balaban J connectivity index is 1.73. The van der Waals surface area contributed by atoms with E-state index in [9.17, 15) is 8.42 Å². The van der Waals surface area contributed by atoms with Gasteiger partial charge < -0.3 is 4.74 Å². The van der Waals surface area contributed by atoms with E-state index in [1.54, 1.807) is 16.4 Å². The van der Waals surface area contributed by atoms with Gasteiger partial charge >= 0.3 is 0 Å². The van der Waals surface area contributed by atoms with Gasteiger partial charge in [0.1, 0.15) is 0 Å². The van der Waals surface area contributed by atoms with Crippen molar-refractivity contribution in [3.8, 4) is 0 Å². The van der Waals surface area contributed by atoms with E-state index in [4.69, 9.17) is 9.84 Å². The number of fused-ring (bicyclic) bond motifs is 1. The Morgan fingerprint density at radius 1 is 1.18 bits per heavy atom. The zero-order valence-corrected chi connectivity index (χ0v) is 17.5. The Hall–Kier alpha value is -1.70. The van der Waals surface area contributed by atoms with Crippen molar-refractivity contribution in [2.75, 3.05) is 13.2 Å². The Morgan fingerprint density at radius 2 is 1.96 bits per heavy atom. The summed E-state index contributed by atoms with van der Waals surface area (Å²) in [6, 6.07) is 7.08. The lowest BCUT2D eigenvalue weighted by atomic mass is 9.97. The summed E-state index contributed by atoms with van der Waals surface area (Å²) in [5.74, 6) is 0. The lowest BCUT2D eigenvalue weighted by molar-refractivity contribution is 0.107. The molecule has 152 valence electrons. The molecule has 3 heterocycles. The van der Waals surface area contributed by atoms with Crippen molar-refractivity contribution < 1.29 is 13.2 Å². The smallest absolute Gasteiger partial charge is 0.243 e. The first-order valence-electron chi connectivity index (χ1n) is 10.3. The lowest BCUT2D eigenvalue weighted by Crippen LogP contribution is -2.39. The molecule has 0 aliphatic carbocycles. The van der Waals surface area contributed by atoms with Crippen molar-refractivity contribution in [1.29, 1.82) is 0 Å². The van der Waals surface area contributed by atoms with E-state index < -0.39 is 10.0 Å². The van der Waals surface area contributed by atoms with Crippen molar-refractivity contribution >= 4 is 10.0 Å². The van der Waals surface area contributed by atoms with Gasteiger partial charge in [0, 0.05) is 30.8 Å². The second-order valence-corrected chi connectivity index (χ2v) is 9.44. The number of piperidine rings is 1. The average Bonchev–Trinajstić information content (AvgIpc) is 3.12. The lowest BCUT2D eigenvalue weighted by Gasteiger charge is -2.34. The molecule has 4 rings (SSSR count). The van der Waals surface area contributed by atoms with Gasteiger partial charge in [-0.2, -0.15) is 9.40 Å². The highest BCUT2D eigenvalue weighted by Gasteiger charge is 2.38. The Morgan fingerprint density at radius 3 is 2.68 bits per heavy atom. The molecule has 2 aromatic rings. The molecule has 0 spiro atoms. The van der Waals surface area contributed by atoms with Crippen LogP contribution in [0.5, 0.6) is 0 Å². The van der Waals surface area contributed by atoms with Crippen molar-refractivity contribution in [2.45, 2.75) is 70.0 Å². The predicted molar refractivity (Wildman–Crippen MR) is 108 cm³/mol. The molecule has 1 aromatic heterocycles. The van der Waals surface area contributed by atoms with Crippen LogP contribution >= 0.6 is 0 Å². The minimum Gasteiger partial charge on any atom is -0.376 e. The SMILES string of the molecule is CCc1ccc(S(=O)(=O)N2CCCCC2c2nn(CC)c3c2COCC3)cc1. The quantitative estimate of drug-likeness (QED) is 0.767. The van der Waals surface area contributed by atoms with Crippen LogP contribution in [-0.4, -0.2) is 35.7 Å². The van der Waals surface area contributed by atoms with Gasteiger partial charge in [0.2, 0.25) is 10.0 Å². The van der Waals surface area contributed by atoms with Crippen molar-refractivity contribution in [2.24, 2.45) is 0 Å². The third kappa shape index (κ3) is 3.40. The van der Waals surface area contributed by atoms with Crippen LogP contribution in [0.15, 0.2) is 29.2 Å². The maximum atomic E-state index is 13.5. The van der Waals surface area contributed by atoms with Crippen LogP contribution in [0.2, 0.25) is 0 Å². The van der Waals surface area contributed by atoms with Crippen LogP contribution in [0.4, 0.5) is 0 Å². The van der Waals surface area contributed by atoms with Gasteiger partial charge in [0.15, 0.2) is 0 Å². The highest BCUT2D eigenvalue weighted by molar-refractivity contribution is 7.89. The molecule has 0 amide bonds. The summed E-state index contributed by atoms with van der Waals surface area (Å²) in [5, 5.41) is 4.85. The number of rotatable bonds is 5. The van der Waals surface area contributed by atoms with Crippen LogP contribution in [0, 0.1) is 0 Å². The fraction of sp³-hybridized carbons (Fsp3) is 0.571. The van der Waals surface area contributed by atoms with E-state index in [2.05, 4.69) is 13.8 Å². The van der Waals surface area contributed by atoms with E-state index in [0.29, 0.717) is 24.7 Å². The summed E-state index contributed by atoms with van der Waals surface area (Å²) >= 11 is 0. The highest BCUT2D eigenvalue weighted by Crippen LogP contribution is 2.38. The molecule has 1 aromatic carbocycles. The van der Waals surface area contributed by atoms with Gasteiger partial charge in [-0.05, 0) is 43.9 Å². The molecule has 0 saturated carbocycles. The normalized spacial score (nSPS) is 20.9. The number of ether oxygens (including phenoxy) is 1. The van der Waals surface area contributed by atoms with Gasteiger partial charge in [0.05, 0.1) is 29.8 Å². The molecule has 2 aliphatic rings. The largest absolute Gasteiger partial charge is 0.376 e. The fourth-order valence-corrected chi connectivity index (χ4v) is 6.02. The second-order valence-electron chi connectivity index (χ2n) is 7.55. The molecule has 0 radical (unpaired) electrons. The number of hydrogen-bond donors (Lipinski definition) is 0. The predicted octanol–water partition coefficient (Wildman–Crippen LogP) is 3.45. The molecule has 0 bridgehead atoms. The van der Waals surface area contributed by atoms with Gasteiger partial charge in [-0.3, -0.25) is 4.68 Å². The monoisotopic (exact) mass is 403 g/mol. The maximum Gasteiger partial charge on any atom is 0.243 e. The first kappa shape index (κ1) is 19.6. The zero-order chi connectivity index (χ0) is 19.7. The van der Waals surface area contributed by atoms with E-state index in [1.807, 2.05) is 16.8 Å².